The third-order valence-electron chi connectivity index (χ3n) is 13.3. The van der Waals surface area contributed by atoms with Crippen molar-refractivity contribution in [2.45, 2.75) is 5.41 Å². The molecule has 12 rings (SSSR count). The van der Waals surface area contributed by atoms with Gasteiger partial charge in [-0.1, -0.05) is 224 Å². The van der Waals surface area contributed by atoms with Gasteiger partial charge in [0.05, 0.1) is 11.1 Å². The maximum atomic E-state index is 2.46. The van der Waals surface area contributed by atoms with Crippen LogP contribution in [0.3, 0.4) is 0 Å². The second kappa shape index (κ2) is 15.6. The van der Waals surface area contributed by atoms with Gasteiger partial charge in [0, 0.05) is 16.9 Å². The van der Waals surface area contributed by atoms with Crippen molar-refractivity contribution < 1.29 is 0 Å². The van der Waals surface area contributed by atoms with Crippen molar-refractivity contribution in [1.29, 1.82) is 0 Å². The van der Waals surface area contributed by atoms with E-state index >= 15 is 0 Å². The minimum Gasteiger partial charge on any atom is -0.310 e. The summed E-state index contributed by atoms with van der Waals surface area (Å²) in [5.74, 6) is 0. The Bertz CT molecular complexity index is 3440. The number of hydrogen-bond acceptors (Lipinski definition) is 1. The Labute approximate surface area is 374 Å². The zero-order valence-electron chi connectivity index (χ0n) is 35.3. The minimum atomic E-state index is -0.473. The molecule has 1 aliphatic rings. The number of nitrogens with zero attached hydrogens (tertiary/aromatic N) is 1. The third kappa shape index (κ3) is 6.08. The molecular formula is C63H43N. The Balaban J connectivity index is 1.07. The predicted octanol–water partition coefficient (Wildman–Crippen LogP) is 16.8. The van der Waals surface area contributed by atoms with Crippen LogP contribution in [0.25, 0.3) is 66.1 Å². The normalized spacial score (nSPS) is 12.5. The van der Waals surface area contributed by atoms with Gasteiger partial charge in [0.25, 0.3) is 0 Å². The molecule has 1 aliphatic carbocycles. The fourth-order valence-electron chi connectivity index (χ4n) is 10.5. The topological polar surface area (TPSA) is 3.24 Å². The predicted molar refractivity (Wildman–Crippen MR) is 270 cm³/mol. The van der Waals surface area contributed by atoms with Crippen LogP contribution in [0.4, 0.5) is 17.1 Å². The Hall–Kier alpha value is -8.26. The van der Waals surface area contributed by atoms with Crippen LogP contribution in [0.2, 0.25) is 0 Å². The molecule has 0 heterocycles. The van der Waals surface area contributed by atoms with E-state index < -0.39 is 5.41 Å². The van der Waals surface area contributed by atoms with Gasteiger partial charge in [-0.2, -0.15) is 0 Å². The molecule has 300 valence electrons. The third-order valence-corrected chi connectivity index (χ3v) is 13.3. The van der Waals surface area contributed by atoms with E-state index in [0.717, 1.165) is 17.1 Å². The fraction of sp³-hybridized carbons (Fsp3) is 0.0159. The number of benzene rings is 11. The van der Waals surface area contributed by atoms with Crippen LogP contribution in [0.1, 0.15) is 22.3 Å². The van der Waals surface area contributed by atoms with Gasteiger partial charge < -0.3 is 4.90 Å². The van der Waals surface area contributed by atoms with Crippen LogP contribution in [0.5, 0.6) is 0 Å². The summed E-state index contributed by atoms with van der Waals surface area (Å²) in [4.78, 5) is 2.46. The minimum absolute atomic E-state index is 0.473. The highest BCUT2D eigenvalue weighted by atomic mass is 15.1. The smallest absolute Gasteiger partial charge is 0.0713 e. The molecule has 0 saturated carbocycles. The van der Waals surface area contributed by atoms with Crippen LogP contribution >= 0.6 is 0 Å². The van der Waals surface area contributed by atoms with E-state index in [-0.39, 0.29) is 0 Å². The van der Waals surface area contributed by atoms with Crippen LogP contribution in [-0.2, 0) is 5.41 Å². The zero-order valence-corrected chi connectivity index (χ0v) is 35.3. The maximum absolute atomic E-state index is 2.46. The Morgan fingerprint density at radius 2 is 0.828 bits per heavy atom. The van der Waals surface area contributed by atoms with Crippen molar-refractivity contribution >= 4 is 38.6 Å². The lowest BCUT2D eigenvalue weighted by molar-refractivity contribution is 0.768. The summed E-state index contributed by atoms with van der Waals surface area (Å²) in [7, 11) is 0. The molecular weight excluding hydrogens is 771 g/mol. The second-order valence-corrected chi connectivity index (χ2v) is 16.8. The highest BCUT2D eigenvalue weighted by Gasteiger charge is 2.46. The summed E-state index contributed by atoms with van der Waals surface area (Å²) >= 11 is 0. The summed E-state index contributed by atoms with van der Waals surface area (Å²) in [5.41, 5.74) is 17.6. The highest BCUT2D eigenvalue weighted by Crippen LogP contribution is 2.57. The second-order valence-electron chi connectivity index (χ2n) is 16.8. The first-order chi connectivity index (χ1) is 31.8. The first-order valence-electron chi connectivity index (χ1n) is 22.2. The Morgan fingerprint density at radius 1 is 0.281 bits per heavy atom. The van der Waals surface area contributed by atoms with Crippen LogP contribution in [0, 0.1) is 0 Å². The molecule has 0 aliphatic heterocycles. The molecule has 0 amide bonds. The van der Waals surface area contributed by atoms with Gasteiger partial charge in [-0.25, -0.2) is 0 Å². The summed E-state index contributed by atoms with van der Waals surface area (Å²) in [5, 5.41) is 4.95. The lowest BCUT2D eigenvalue weighted by atomic mass is 9.68. The first kappa shape index (κ1) is 37.5. The highest BCUT2D eigenvalue weighted by molar-refractivity contribution is 6.04. The molecule has 0 spiro atoms. The van der Waals surface area contributed by atoms with E-state index in [1.807, 2.05) is 0 Å². The molecule has 1 heteroatoms. The molecule has 1 nitrogen and oxygen atoms in total. The molecule has 0 aromatic heterocycles. The average Bonchev–Trinajstić information content (AvgIpc) is 3.67. The summed E-state index contributed by atoms with van der Waals surface area (Å²) < 4.78 is 0. The lowest BCUT2D eigenvalue weighted by Gasteiger charge is -2.34. The Kier molecular flexibility index (Phi) is 9.13. The van der Waals surface area contributed by atoms with Gasteiger partial charge in [0.2, 0.25) is 0 Å². The van der Waals surface area contributed by atoms with E-state index in [0.29, 0.717) is 0 Å². The molecule has 64 heavy (non-hydrogen) atoms. The van der Waals surface area contributed by atoms with Crippen molar-refractivity contribution in [3.8, 4) is 44.5 Å². The van der Waals surface area contributed by atoms with Crippen LogP contribution in [0.15, 0.2) is 261 Å². The molecule has 0 bridgehead atoms. The summed E-state index contributed by atoms with van der Waals surface area (Å²) in [6.45, 7) is 0. The number of para-hydroxylation sites is 1. The summed E-state index contributed by atoms with van der Waals surface area (Å²) in [6, 6.07) is 95.9. The van der Waals surface area contributed by atoms with E-state index in [9.17, 15) is 0 Å². The van der Waals surface area contributed by atoms with E-state index in [1.54, 1.807) is 0 Å². The molecule has 0 unspecified atom stereocenters. The van der Waals surface area contributed by atoms with Gasteiger partial charge >= 0.3 is 0 Å². The molecule has 11 aromatic carbocycles. The quantitative estimate of drug-likeness (QED) is 0.148. The van der Waals surface area contributed by atoms with Gasteiger partial charge in [-0.15, -0.1) is 0 Å². The van der Waals surface area contributed by atoms with Crippen molar-refractivity contribution in [2.24, 2.45) is 0 Å². The molecule has 0 fully saturated rings. The van der Waals surface area contributed by atoms with Crippen molar-refractivity contribution in [3.05, 3.63) is 283 Å². The van der Waals surface area contributed by atoms with Crippen LogP contribution in [-0.4, -0.2) is 0 Å². The molecule has 11 aromatic rings. The molecule has 0 radical (unpaired) electrons. The van der Waals surface area contributed by atoms with Gasteiger partial charge in [0.15, 0.2) is 0 Å². The largest absolute Gasteiger partial charge is 0.310 e. The average molecular weight is 814 g/mol. The van der Waals surface area contributed by atoms with Gasteiger partial charge in [-0.3, -0.25) is 0 Å². The fourth-order valence-corrected chi connectivity index (χ4v) is 10.5. The lowest BCUT2D eigenvalue weighted by Crippen LogP contribution is -2.28. The van der Waals surface area contributed by atoms with Crippen molar-refractivity contribution in [1.82, 2.24) is 0 Å². The monoisotopic (exact) mass is 813 g/mol. The van der Waals surface area contributed by atoms with Crippen LogP contribution < -0.4 is 4.90 Å². The molecule has 0 atom stereocenters. The zero-order chi connectivity index (χ0) is 42.5. The van der Waals surface area contributed by atoms with Gasteiger partial charge in [0.1, 0.15) is 0 Å². The first-order valence-corrected chi connectivity index (χ1v) is 22.2. The SMILES string of the molecule is c1ccc(-c2c(-c3ccc(N(c4ccc5c(c4)-c4ccccc4C5(c4ccccc4)c4ccccc4)c4ccccc4-c4ccc5ccccc5c4)cc3)ccc3ccccc23)cc1. The Morgan fingerprint density at radius 3 is 1.58 bits per heavy atom. The molecule has 0 saturated heterocycles. The van der Waals surface area contributed by atoms with Crippen molar-refractivity contribution in [2.75, 3.05) is 4.90 Å². The van der Waals surface area contributed by atoms with E-state index in [1.165, 1.54) is 88.3 Å². The van der Waals surface area contributed by atoms with E-state index in [4.69, 9.17) is 0 Å². The number of anilines is 3. The summed E-state index contributed by atoms with van der Waals surface area (Å²) in [6.07, 6.45) is 0. The molecule has 0 N–H and O–H groups in total. The standard InChI is InChI=1S/C63H43N/c1-4-20-47(21-5-1)62-55-28-13-12-19-45(55)36-40-56(62)46-34-37-52(38-35-46)64(61-31-17-15-27-54(61)49-33-32-44-18-10-11-22-48(44)42-49)53-39-41-60-58(43-53)57-29-14-16-30-59(57)63(60,50-23-6-2-7-24-50)51-25-8-3-9-26-51/h1-43H. The maximum Gasteiger partial charge on any atom is 0.0713 e. The number of fused-ring (bicyclic) bond motifs is 5. The number of hydrogen-bond donors (Lipinski definition) is 0. The number of rotatable bonds is 8. The van der Waals surface area contributed by atoms with Gasteiger partial charge in [-0.05, 0) is 119 Å². The van der Waals surface area contributed by atoms with Crippen molar-refractivity contribution in [3.63, 3.8) is 0 Å². The van der Waals surface area contributed by atoms with E-state index in [2.05, 4.69) is 266 Å².